The summed E-state index contributed by atoms with van der Waals surface area (Å²) < 4.78 is 0. The molecule has 0 bridgehead atoms. The lowest BCUT2D eigenvalue weighted by molar-refractivity contribution is 0.109. The first-order chi connectivity index (χ1) is 5.79. The van der Waals surface area contributed by atoms with E-state index in [4.69, 9.17) is 5.26 Å². The zero-order valence-electron chi connectivity index (χ0n) is 8.08. The first-order valence-corrected chi connectivity index (χ1v) is 4.88. The van der Waals surface area contributed by atoms with Crippen molar-refractivity contribution in [3.05, 3.63) is 0 Å². The predicted molar refractivity (Wildman–Crippen MR) is 49.7 cm³/mol. The van der Waals surface area contributed by atoms with Crippen LogP contribution in [0.3, 0.4) is 0 Å². The molecule has 1 rings (SSSR count). The van der Waals surface area contributed by atoms with Crippen molar-refractivity contribution in [3.8, 4) is 6.07 Å². The van der Waals surface area contributed by atoms with Gasteiger partial charge in [0.25, 0.3) is 0 Å². The molecule has 0 aromatic rings. The van der Waals surface area contributed by atoms with Crippen LogP contribution in [0.4, 0.5) is 0 Å². The van der Waals surface area contributed by atoms with Crippen molar-refractivity contribution in [1.82, 2.24) is 4.90 Å². The molecule has 0 N–H and O–H groups in total. The van der Waals surface area contributed by atoms with Crippen LogP contribution < -0.4 is 0 Å². The Morgan fingerprint density at radius 2 is 2.25 bits per heavy atom. The van der Waals surface area contributed by atoms with Gasteiger partial charge in [-0.3, -0.25) is 4.90 Å². The topological polar surface area (TPSA) is 27.0 Å². The van der Waals surface area contributed by atoms with Gasteiger partial charge in [0, 0.05) is 12.1 Å². The molecule has 0 radical (unpaired) electrons. The van der Waals surface area contributed by atoms with Gasteiger partial charge in [0.05, 0.1) is 12.5 Å². The van der Waals surface area contributed by atoms with Crippen molar-refractivity contribution in [2.24, 2.45) is 0 Å². The normalized spacial score (nSPS) is 20.2. The first kappa shape index (κ1) is 9.54. The molecule has 68 valence electrons. The van der Waals surface area contributed by atoms with Crippen molar-refractivity contribution in [2.45, 2.75) is 51.1 Å². The molecular formula is C10H18N2. The summed E-state index contributed by atoms with van der Waals surface area (Å²) in [6, 6.07) is 3.51. The van der Waals surface area contributed by atoms with Gasteiger partial charge in [-0.2, -0.15) is 5.26 Å². The molecule has 2 nitrogen and oxygen atoms in total. The van der Waals surface area contributed by atoms with Crippen molar-refractivity contribution in [1.29, 1.82) is 5.26 Å². The molecule has 1 aliphatic rings. The Kier molecular flexibility index (Phi) is 3.55. The standard InChI is InChI=1S/C10H18N2/c1-3-9(7-8-11)12(2)10-5-4-6-10/h9-10H,3-7H2,1-2H3. The third-order valence-electron chi connectivity index (χ3n) is 3.02. The Morgan fingerprint density at radius 1 is 1.58 bits per heavy atom. The summed E-state index contributed by atoms with van der Waals surface area (Å²) in [5, 5.41) is 8.61. The predicted octanol–water partition coefficient (Wildman–Crippen LogP) is 2.16. The molecule has 12 heavy (non-hydrogen) atoms. The van der Waals surface area contributed by atoms with E-state index in [9.17, 15) is 0 Å². The van der Waals surface area contributed by atoms with Crippen LogP contribution in [0.25, 0.3) is 0 Å². The van der Waals surface area contributed by atoms with Crippen LogP contribution in [-0.2, 0) is 0 Å². The van der Waals surface area contributed by atoms with Gasteiger partial charge in [-0.1, -0.05) is 13.3 Å². The number of hydrogen-bond acceptors (Lipinski definition) is 2. The largest absolute Gasteiger partial charge is 0.299 e. The highest BCUT2D eigenvalue weighted by atomic mass is 15.2. The molecule has 0 aliphatic heterocycles. The summed E-state index contributed by atoms with van der Waals surface area (Å²) in [5.41, 5.74) is 0. The molecule has 0 aromatic carbocycles. The van der Waals surface area contributed by atoms with Gasteiger partial charge in [-0.25, -0.2) is 0 Å². The minimum atomic E-state index is 0.486. The summed E-state index contributed by atoms with van der Waals surface area (Å²) in [7, 11) is 2.16. The van der Waals surface area contributed by atoms with E-state index in [0.29, 0.717) is 12.5 Å². The fourth-order valence-electron chi connectivity index (χ4n) is 1.77. The van der Waals surface area contributed by atoms with Crippen LogP contribution >= 0.6 is 0 Å². The quantitative estimate of drug-likeness (QED) is 0.640. The van der Waals surface area contributed by atoms with Crippen LogP contribution in [0.15, 0.2) is 0 Å². The highest BCUT2D eigenvalue weighted by Gasteiger charge is 2.26. The molecular weight excluding hydrogens is 148 g/mol. The highest BCUT2D eigenvalue weighted by Crippen LogP contribution is 2.26. The van der Waals surface area contributed by atoms with Gasteiger partial charge >= 0.3 is 0 Å². The van der Waals surface area contributed by atoms with E-state index in [0.717, 1.165) is 12.5 Å². The zero-order chi connectivity index (χ0) is 8.97. The second kappa shape index (κ2) is 4.47. The molecule has 1 aliphatic carbocycles. The summed E-state index contributed by atoms with van der Waals surface area (Å²) >= 11 is 0. The lowest BCUT2D eigenvalue weighted by Crippen LogP contribution is -2.43. The Labute approximate surface area is 75.2 Å². The molecule has 1 unspecified atom stereocenters. The van der Waals surface area contributed by atoms with Crippen molar-refractivity contribution < 1.29 is 0 Å². The second-order valence-electron chi connectivity index (χ2n) is 3.67. The van der Waals surface area contributed by atoms with Gasteiger partial charge in [0.15, 0.2) is 0 Å². The monoisotopic (exact) mass is 166 g/mol. The SMILES string of the molecule is CCC(CC#N)N(C)C1CCC1. The number of rotatable bonds is 4. The Hall–Kier alpha value is -0.550. The second-order valence-corrected chi connectivity index (χ2v) is 3.67. The number of nitrogens with zero attached hydrogens (tertiary/aromatic N) is 2. The molecule has 0 saturated heterocycles. The molecule has 0 amide bonds. The molecule has 0 aromatic heterocycles. The molecule has 1 saturated carbocycles. The molecule has 0 spiro atoms. The van der Waals surface area contributed by atoms with Crippen molar-refractivity contribution in [2.75, 3.05) is 7.05 Å². The minimum Gasteiger partial charge on any atom is -0.299 e. The fraction of sp³-hybridized carbons (Fsp3) is 0.900. The van der Waals surface area contributed by atoms with E-state index in [-0.39, 0.29) is 0 Å². The van der Waals surface area contributed by atoms with E-state index >= 15 is 0 Å². The molecule has 1 fully saturated rings. The third-order valence-corrected chi connectivity index (χ3v) is 3.02. The maximum Gasteiger partial charge on any atom is 0.0638 e. The Balaban J connectivity index is 2.36. The lowest BCUT2D eigenvalue weighted by atomic mass is 9.90. The van der Waals surface area contributed by atoms with E-state index in [2.05, 4.69) is 24.9 Å². The Bertz CT molecular complexity index is 167. The maximum absolute atomic E-state index is 8.61. The summed E-state index contributed by atoms with van der Waals surface area (Å²) in [6.45, 7) is 2.16. The van der Waals surface area contributed by atoms with E-state index in [1.54, 1.807) is 0 Å². The van der Waals surface area contributed by atoms with Gasteiger partial charge in [0.1, 0.15) is 0 Å². The van der Waals surface area contributed by atoms with Crippen molar-refractivity contribution in [3.63, 3.8) is 0 Å². The minimum absolute atomic E-state index is 0.486. The lowest BCUT2D eigenvalue weighted by Gasteiger charge is -2.39. The average Bonchev–Trinajstić information content (AvgIpc) is 1.96. The van der Waals surface area contributed by atoms with Crippen molar-refractivity contribution >= 4 is 0 Å². The van der Waals surface area contributed by atoms with Gasteiger partial charge in [-0.15, -0.1) is 0 Å². The number of hydrogen-bond donors (Lipinski definition) is 0. The smallest absolute Gasteiger partial charge is 0.0638 e. The number of nitriles is 1. The van der Waals surface area contributed by atoms with Crippen LogP contribution in [0.5, 0.6) is 0 Å². The third kappa shape index (κ3) is 1.98. The highest BCUT2D eigenvalue weighted by molar-refractivity contribution is 4.87. The van der Waals surface area contributed by atoms with Crippen LogP contribution in [0.2, 0.25) is 0 Å². The molecule has 1 atom stereocenters. The van der Waals surface area contributed by atoms with E-state index in [1.165, 1.54) is 19.3 Å². The van der Waals surface area contributed by atoms with E-state index < -0.39 is 0 Å². The summed E-state index contributed by atoms with van der Waals surface area (Å²) in [4.78, 5) is 2.40. The first-order valence-electron chi connectivity index (χ1n) is 4.88. The van der Waals surface area contributed by atoms with E-state index in [1.807, 2.05) is 0 Å². The fourth-order valence-corrected chi connectivity index (χ4v) is 1.77. The van der Waals surface area contributed by atoms with Crippen LogP contribution in [-0.4, -0.2) is 24.0 Å². The van der Waals surface area contributed by atoms with Gasteiger partial charge in [-0.05, 0) is 26.3 Å². The average molecular weight is 166 g/mol. The molecule has 0 heterocycles. The van der Waals surface area contributed by atoms with Crippen LogP contribution in [0.1, 0.15) is 39.0 Å². The maximum atomic E-state index is 8.61. The zero-order valence-corrected chi connectivity index (χ0v) is 8.08. The summed E-state index contributed by atoms with van der Waals surface area (Å²) in [6.07, 6.45) is 5.82. The van der Waals surface area contributed by atoms with Crippen LogP contribution in [0, 0.1) is 11.3 Å². The molecule has 2 heteroatoms. The summed E-state index contributed by atoms with van der Waals surface area (Å²) in [5.74, 6) is 0. The Morgan fingerprint density at radius 3 is 2.58 bits per heavy atom. The van der Waals surface area contributed by atoms with Gasteiger partial charge in [0.2, 0.25) is 0 Å². The van der Waals surface area contributed by atoms with Gasteiger partial charge < -0.3 is 0 Å².